The minimum atomic E-state index is -1.54. The highest BCUT2D eigenvalue weighted by Crippen LogP contribution is 2.51. The summed E-state index contributed by atoms with van der Waals surface area (Å²) in [6.45, 7) is 9.75. The van der Waals surface area contributed by atoms with Crippen LogP contribution in [0.15, 0.2) is 36.0 Å². The maximum absolute atomic E-state index is 14.0. The molecule has 0 aromatic heterocycles. The van der Waals surface area contributed by atoms with Crippen molar-refractivity contribution in [2.75, 3.05) is 33.4 Å². The first-order chi connectivity index (χ1) is 18.5. The number of nitrogens with zero attached hydrogens (tertiary/aromatic N) is 2. The Morgan fingerprint density at radius 3 is 2.41 bits per heavy atom. The Kier molecular flexibility index (Phi) is 9.63. The minimum absolute atomic E-state index is 0.0857. The van der Waals surface area contributed by atoms with Gasteiger partial charge >= 0.3 is 12.1 Å². The van der Waals surface area contributed by atoms with Crippen LogP contribution in [0.1, 0.15) is 59.4 Å². The quantitative estimate of drug-likeness (QED) is 0.354. The van der Waals surface area contributed by atoms with E-state index < -0.39 is 29.0 Å². The Balaban J connectivity index is 2.05. The Labute approximate surface area is 230 Å². The van der Waals surface area contributed by atoms with Crippen LogP contribution in [0.4, 0.5) is 4.79 Å². The molecule has 39 heavy (non-hydrogen) atoms. The standard InChI is InChI=1S/C29H41N3O7/c1-7-9-15-30-24(33)17-22-25(34)32(18-20-10-12-21(37-6)13-11-20)23-14-16-31(27(36)39-28(3,4)5)19-29(22,23)26(35)38-8-2/h10-14,22H,7-9,15-19H2,1-6H3,(H,30,33)/t22-,29-/m1/s1. The molecule has 1 N–H and O–H groups in total. The van der Waals surface area contributed by atoms with Gasteiger partial charge in [0.05, 0.1) is 26.2 Å². The molecule has 3 amide bonds. The third-order valence-corrected chi connectivity index (χ3v) is 6.89. The van der Waals surface area contributed by atoms with Crippen LogP contribution >= 0.6 is 0 Å². The molecular weight excluding hydrogens is 502 g/mol. The predicted octanol–water partition coefficient (Wildman–Crippen LogP) is 3.64. The average Bonchev–Trinajstić information content (AvgIpc) is 3.11. The van der Waals surface area contributed by atoms with Gasteiger partial charge in [0, 0.05) is 31.8 Å². The van der Waals surface area contributed by atoms with Crippen molar-refractivity contribution in [2.45, 2.75) is 66.0 Å². The van der Waals surface area contributed by atoms with E-state index in [1.807, 2.05) is 19.1 Å². The van der Waals surface area contributed by atoms with Gasteiger partial charge in [-0.1, -0.05) is 25.5 Å². The van der Waals surface area contributed by atoms with Crippen molar-refractivity contribution in [3.63, 3.8) is 0 Å². The van der Waals surface area contributed by atoms with Crippen LogP contribution in [0.2, 0.25) is 0 Å². The van der Waals surface area contributed by atoms with Crippen LogP contribution in [0.3, 0.4) is 0 Å². The van der Waals surface area contributed by atoms with E-state index in [0.717, 1.165) is 18.4 Å². The first-order valence-corrected chi connectivity index (χ1v) is 13.5. The normalized spacial score (nSPS) is 20.7. The van der Waals surface area contributed by atoms with Gasteiger partial charge in [0.2, 0.25) is 11.8 Å². The summed E-state index contributed by atoms with van der Waals surface area (Å²) in [5.74, 6) is -1.69. The van der Waals surface area contributed by atoms with Gasteiger partial charge in [-0.25, -0.2) is 4.79 Å². The number of rotatable bonds is 10. The third-order valence-electron chi connectivity index (χ3n) is 6.89. The zero-order valence-corrected chi connectivity index (χ0v) is 23.9. The molecule has 1 fully saturated rings. The molecule has 3 rings (SSSR count). The van der Waals surface area contributed by atoms with Gasteiger partial charge < -0.3 is 29.3 Å². The zero-order valence-electron chi connectivity index (χ0n) is 23.9. The summed E-state index contributed by atoms with van der Waals surface area (Å²) in [4.78, 5) is 56.8. The summed E-state index contributed by atoms with van der Waals surface area (Å²) < 4.78 is 16.3. The number of carbonyl (C=O) groups is 4. The smallest absolute Gasteiger partial charge is 0.410 e. The monoisotopic (exact) mass is 543 g/mol. The third kappa shape index (κ3) is 6.72. The fraction of sp³-hybridized carbons (Fsp3) is 0.586. The number of hydrogen-bond acceptors (Lipinski definition) is 7. The van der Waals surface area contributed by atoms with Crippen LogP contribution in [-0.2, 0) is 30.4 Å². The van der Waals surface area contributed by atoms with Crippen LogP contribution in [0, 0.1) is 11.3 Å². The lowest BCUT2D eigenvalue weighted by Gasteiger charge is -2.40. The van der Waals surface area contributed by atoms with Crippen LogP contribution in [0.25, 0.3) is 0 Å². The topological polar surface area (TPSA) is 114 Å². The highest BCUT2D eigenvalue weighted by Gasteiger charge is 2.64. The van der Waals surface area contributed by atoms with Gasteiger partial charge in [0.1, 0.15) is 16.8 Å². The average molecular weight is 544 g/mol. The lowest BCUT2D eigenvalue weighted by molar-refractivity contribution is -0.158. The largest absolute Gasteiger partial charge is 0.497 e. The Morgan fingerprint density at radius 2 is 1.82 bits per heavy atom. The van der Waals surface area contributed by atoms with E-state index in [4.69, 9.17) is 14.2 Å². The van der Waals surface area contributed by atoms with Crippen LogP contribution < -0.4 is 10.1 Å². The lowest BCUT2D eigenvalue weighted by atomic mass is 9.71. The lowest BCUT2D eigenvalue weighted by Crippen LogP contribution is -2.54. The summed E-state index contributed by atoms with van der Waals surface area (Å²) in [6, 6.07) is 7.29. The SMILES string of the molecule is CCCCNC(=O)C[C@@H]1C(=O)N(Cc2ccc(OC)cc2)C2=CCN(C(=O)OC(C)(C)C)C[C@]21C(=O)OCC. The van der Waals surface area contributed by atoms with Crippen molar-refractivity contribution in [1.82, 2.24) is 15.1 Å². The molecule has 2 aliphatic rings. The molecule has 0 unspecified atom stereocenters. The zero-order chi connectivity index (χ0) is 28.8. The molecule has 2 aliphatic heterocycles. The molecule has 0 bridgehead atoms. The number of esters is 1. The predicted molar refractivity (Wildman–Crippen MR) is 145 cm³/mol. The van der Waals surface area contributed by atoms with Gasteiger partial charge in [-0.2, -0.15) is 0 Å². The number of fused-ring (bicyclic) bond motifs is 1. The molecule has 2 atom stereocenters. The molecule has 2 heterocycles. The first-order valence-electron chi connectivity index (χ1n) is 13.5. The summed E-state index contributed by atoms with van der Waals surface area (Å²) in [6.07, 6.45) is 2.60. The van der Waals surface area contributed by atoms with Crippen LogP contribution in [0.5, 0.6) is 5.75 Å². The molecule has 1 saturated heterocycles. The second kappa shape index (κ2) is 12.5. The highest BCUT2D eigenvalue weighted by molar-refractivity contribution is 5.99. The molecule has 214 valence electrons. The molecule has 0 aliphatic carbocycles. The van der Waals surface area contributed by atoms with Crippen molar-refractivity contribution in [3.05, 3.63) is 41.6 Å². The number of carbonyl (C=O) groups excluding carboxylic acids is 4. The van der Waals surface area contributed by atoms with Crippen molar-refractivity contribution in [1.29, 1.82) is 0 Å². The summed E-state index contributed by atoms with van der Waals surface area (Å²) in [5.41, 5.74) is -1.02. The number of ether oxygens (including phenoxy) is 3. The molecule has 1 aromatic carbocycles. The summed E-state index contributed by atoms with van der Waals surface area (Å²) >= 11 is 0. The maximum Gasteiger partial charge on any atom is 0.410 e. The van der Waals surface area contributed by atoms with Crippen molar-refractivity contribution < 1.29 is 33.4 Å². The van der Waals surface area contributed by atoms with Crippen molar-refractivity contribution in [3.8, 4) is 5.75 Å². The molecular formula is C29H41N3O7. The molecule has 10 heteroatoms. The molecule has 0 radical (unpaired) electrons. The van der Waals surface area contributed by atoms with Gasteiger partial charge in [-0.15, -0.1) is 0 Å². The van der Waals surface area contributed by atoms with E-state index in [1.165, 1.54) is 4.90 Å². The summed E-state index contributed by atoms with van der Waals surface area (Å²) in [7, 11) is 1.58. The Bertz CT molecular complexity index is 1090. The maximum atomic E-state index is 14.0. The van der Waals surface area contributed by atoms with E-state index in [0.29, 0.717) is 18.0 Å². The Hall–Kier alpha value is -3.56. The van der Waals surface area contributed by atoms with Gasteiger partial charge in [-0.3, -0.25) is 14.4 Å². The molecule has 0 spiro atoms. The number of unbranched alkanes of at least 4 members (excludes halogenated alkanes) is 1. The van der Waals surface area contributed by atoms with Crippen LogP contribution in [-0.4, -0.2) is 72.6 Å². The van der Waals surface area contributed by atoms with Gasteiger partial charge in [0.15, 0.2) is 0 Å². The fourth-order valence-electron chi connectivity index (χ4n) is 5.02. The van der Waals surface area contributed by atoms with E-state index in [1.54, 1.807) is 57.9 Å². The highest BCUT2D eigenvalue weighted by atomic mass is 16.6. The number of likely N-dealkylation sites (tertiary alicyclic amines) is 1. The van der Waals surface area contributed by atoms with Gasteiger partial charge in [-0.05, 0) is 57.9 Å². The van der Waals surface area contributed by atoms with E-state index in [-0.39, 0.29) is 44.5 Å². The van der Waals surface area contributed by atoms with Crippen molar-refractivity contribution in [2.24, 2.45) is 11.3 Å². The van der Waals surface area contributed by atoms with E-state index in [2.05, 4.69) is 5.32 Å². The number of nitrogens with one attached hydrogen (secondary N) is 1. The number of amides is 3. The molecule has 0 saturated carbocycles. The second-order valence-corrected chi connectivity index (χ2v) is 10.9. The molecule has 1 aromatic rings. The van der Waals surface area contributed by atoms with E-state index >= 15 is 0 Å². The Morgan fingerprint density at radius 1 is 1.13 bits per heavy atom. The number of methoxy groups -OCH3 is 1. The number of hydrogen-bond donors (Lipinski definition) is 1. The van der Waals surface area contributed by atoms with E-state index in [9.17, 15) is 19.2 Å². The summed E-state index contributed by atoms with van der Waals surface area (Å²) in [5, 5.41) is 2.86. The second-order valence-electron chi connectivity index (χ2n) is 10.9. The van der Waals surface area contributed by atoms with Crippen molar-refractivity contribution >= 4 is 23.9 Å². The first kappa shape index (κ1) is 30.0. The molecule has 10 nitrogen and oxygen atoms in total. The number of benzene rings is 1. The minimum Gasteiger partial charge on any atom is -0.497 e. The van der Waals surface area contributed by atoms with Gasteiger partial charge in [0.25, 0.3) is 0 Å². The fourth-order valence-corrected chi connectivity index (χ4v) is 5.02.